The molecule has 0 aromatic heterocycles. The molecular formula is C89H94O15S. The van der Waals surface area contributed by atoms with Gasteiger partial charge in [-0.15, -0.1) is 11.8 Å². The van der Waals surface area contributed by atoms with E-state index in [2.05, 4.69) is 24.3 Å². The van der Waals surface area contributed by atoms with Gasteiger partial charge in [0.25, 0.3) is 0 Å². The number of thioether (sulfide) groups is 1. The highest BCUT2D eigenvalue weighted by atomic mass is 32.2. The van der Waals surface area contributed by atoms with Crippen LogP contribution in [0.2, 0.25) is 0 Å². The van der Waals surface area contributed by atoms with E-state index in [1.807, 2.05) is 285 Å². The molecule has 0 amide bonds. The maximum Gasteiger partial charge on any atom is 0.187 e. The van der Waals surface area contributed by atoms with Gasteiger partial charge in [-0.25, -0.2) is 0 Å². The summed E-state index contributed by atoms with van der Waals surface area (Å²) in [6.07, 6.45) is -11.2. The summed E-state index contributed by atoms with van der Waals surface area (Å²) < 4.78 is 110. The molecule has 15 atom stereocenters. The molecule has 3 aliphatic heterocycles. The van der Waals surface area contributed by atoms with E-state index in [1.54, 1.807) is 11.8 Å². The molecule has 1 unspecified atom stereocenters. The zero-order valence-corrected chi connectivity index (χ0v) is 60.1. The van der Waals surface area contributed by atoms with Gasteiger partial charge in [0.2, 0.25) is 0 Å². The van der Waals surface area contributed by atoms with Crippen molar-refractivity contribution in [2.24, 2.45) is 0 Å². The molecule has 3 aliphatic rings. The van der Waals surface area contributed by atoms with Gasteiger partial charge < -0.3 is 71.1 Å². The van der Waals surface area contributed by atoms with Gasteiger partial charge in [-0.2, -0.15) is 0 Å². The molecule has 0 aliphatic carbocycles. The van der Waals surface area contributed by atoms with Gasteiger partial charge in [-0.3, -0.25) is 0 Å². The van der Waals surface area contributed by atoms with Gasteiger partial charge in [0.15, 0.2) is 12.6 Å². The summed E-state index contributed by atoms with van der Waals surface area (Å²) in [5.74, 6) is 0. The Hall–Kier alpha value is -8.05. The number of hydrogen-bond acceptors (Lipinski definition) is 16. The topological polar surface area (TPSA) is 138 Å². The van der Waals surface area contributed by atoms with E-state index in [9.17, 15) is 0 Å². The number of hydrogen-bond donors (Lipinski definition) is 0. The van der Waals surface area contributed by atoms with Crippen molar-refractivity contribution in [1.29, 1.82) is 0 Å². The maximum absolute atomic E-state index is 7.91. The third-order valence-electron chi connectivity index (χ3n) is 18.8. The minimum Gasteiger partial charge on any atom is -0.374 e. The lowest BCUT2D eigenvalue weighted by Crippen LogP contribution is -2.68. The Morgan fingerprint density at radius 1 is 0.219 bits per heavy atom. The van der Waals surface area contributed by atoms with E-state index in [1.165, 1.54) is 0 Å². The van der Waals surface area contributed by atoms with Crippen molar-refractivity contribution < 1.29 is 71.1 Å². The van der Waals surface area contributed by atoms with Crippen molar-refractivity contribution in [2.75, 3.05) is 26.1 Å². The number of rotatable bonds is 38. The lowest BCUT2D eigenvalue weighted by molar-refractivity contribution is -0.388. The van der Waals surface area contributed by atoms with Gasteiger partial charge in [-0.05, 0) is 61.9 Å². The standard InChI is InChI=1S/C89H94O15S/c1-105-89-86(99-61-74-50-30-11-31-51-74)83(96-58-71-44-24-8-25-45-71)80(77(102-89)64-92-54-67-36-16-4-17-37-67)104-88-85(98-60-73-48-28-10-29-49-73)82(95-57-70-42-22-7-23-43-70)79(76(101-88)63-91-53-66-34-14-3-15-35-66)103-87-84(97-59-72-46-26-9-27-47-72)81(94-56-69-40-20-6-21-41-69)78(93-55-68-38-18-5-19-39-68)75(100-87)62-90-52-65-32-12-2-13-33-65/h2-51,75-89H,52-64H2,1H3/t75-,76-,77-,78-,79-,80-,81+,82+,83+,84-,85-,86-,87-,88-,89?/m1/s1. The van der Waals surface area contributed by atoms with Crippen LogP contribution >= 0.6 is 11.8 Å². The normalized spacial score (nSPS) is 24.6. The molecule has 13 rings (SSSR count). The van der Waals surface area contributed by atoms with Gasteiger partial charge >= 0.3 is 0 Å². The average molecular weight is 1440 g/mol. The maximum atomic E-state index is 7.91. The molecule has 3 heterocycles. The Morgan fingerprint density at radius 3 is 0.686 bits per heavy atom. The summed E-state index contributed by atoms with van der Waals surface area (Å²) in [4.78, 5) is 0. The highest BCUT2D eigenvalue weighted by molar-refractivity contribution is 7.99. The smallest absolute Gasteiger partial charge is 0.187 e. The molecule has 0 saturated carbocycles. The van der Waals surface area contributed by atoms with Crippen LogP contribution in [0.5, 0.6) is 0 Å². The van der Waals surface area contributed by atoms with Crippen molar-refractivity contribution in [3.63, 3.8) is 0 Å². The molecule has 0 radical (unpaired) electrons. The van der Waals surface area contributed by atoms with Crippen LogP contribution in [0.3, 0.4) is 0 Å². The Kier molecular flexibility index (Phi) is 29.1. The molecule has 0 N–H and O–H groups in total. The quantitative estimate of drug-likeness (QED) is 0.0362. The Bertz CT molecular complexity index is 3980. The molecule has 3 fully saturated rings. The first-order valence-electron chi connectivity index (χ1n) is 36.3. The summed E-state index contributed by atoms with van der Waals surface area (Å²) in [5.41, 5.74) is 9.06. The van der Waals surface area contributed by atoms with Gasteiger partial charge in [0, 0.05) is 0 Å². The summed E-state index contributed by atoms with van der Waals surface area (Å²) >= 11 is 1.55. The molecule has 10 aromatic carbocycles. The van der Waals surface area contributed by atoms with Gasteiger partial charge in [0.1, 0.15) is 78.7 Å². The summed E-state index contributed by atoms with van der Waals surface area (Å²) in [7, 11) is 0. The molecule has 0 bridgehead atoms. The van der Waals surface area contributed by atoms with Crippen molar-refractivity contribution in [2.45, 2.75) is 157 Å². The highest BCUT2D eigenvalue weighted by Crippen LogP contribution is 2.41. The van der Waals surface area contributed by atoms with Crippen LogP contribution in [0.25, 0.3) is 0 Å². The second-order valence-corrected chi connectivity index (χ2v) is 27.3. The zero-order valence-electron chi connectivity index (χ0n) is 59.3. The van der Waals surface area contributed by atoms with Crippen molar-refractivity contribution in [3.05, 3.63) is 359 Å². The highest BCUT2D eigenvalue weighted by Gasteiger charge is 2.57. The van der Waals surface area contributed by atoms with E-state index >= 15 is 0 Å². The Morgan fingerprint density at radius 2 is 0.419 bits per heavy atom. The summed E-state index contributed by atoms with van der Waals surface area (Å²) in [5, 5.41) is 0. The minimum atomic E-state index is -1.25. The molecule has 15 nitrogen and oxygen atoms in total. The predicted octanol–water partition coefficient (Wildman–Crippen LogP) is 16.0. The van der Waals surface area contributed by atoms with Gasteiger partial charge in [-0.1, -0.05) is 303 Å². The van der Waals surface area contributed by atoms with Crippen LogP contribution in [0.4, 0.5) is 0 Å². The number of benzene rings is 10. The molecule has 10 aromatic rings. The van der Waals surface area contributed by atoms with Crippen molar-refractivity contribution in [3.8, 4) is 0 Å². The van der Waals surface area contributed by atoms with Crippen LogP contribution in [0.1, 0.15) is 55.6 Å². The monoisotopic (exact) mass is 1430 g/mol. The molecule has 3 saturated heterocycles. The molecule has 105 heavy (non-hydrogen) atoms. The lowest BCUT2D eigenvalue weighted by atomic mass is 9.95. The van der Waals surface area contributed by atoms with Crippen LogP contribution in [0, 0.1) is 0 Å². The fourth-order valence-electron chi connectivity index (χ4n) is 13.4. The van der Waals surface area contributed by atoms with E-state index in [-0.39, 0.29) is 72.7 Å². The minimum absolute atomic E-state index is 0.0191. The predicted molar refractivity (Wildman–Crippen MR) is 403 cm³/mol. The summed E-state index contributed by atoms with van der Waals surface area (Å²) in [6, 6.07) is 101. The van der Waals surface area contributed by atoms with Crippen LogP contribution in [0.15, 0.2) is 303 Å². The SMILES string of the molecule is CSC1O[C@H](COCc2ccccc2)[C@@H](O[C@H]2O[C@H](COCc3ccccc3)[C@@H](O[C@H]3O[C@H](COCc4ccccc4)[C@@H](OCc4ccccc4)[C@H](OCc4ccccc4)[C@H]3OCc3ccccc3)[C@H](OCc3ccccc3)[C@H]2OCc2ccccc2)[C@H](OCc2ccccc2)[C@H]1OCc1ccccc1. The summed E-state index contributed by atoms with van der Waals surface area (Å²) in [6.45, 7) is 2.40. The first-order chi connectivity index (χ1) is 52.0. The fourth-order valence-corrected chi connectivity index (χ4v) is 14.1. The van der Waals surface area contributed by atoms with Crippen LogP contribution in [-0.2, 0) is 137 Å². The first kappa shape index (κ1) is 75.2. The third-order valence-corrected chi connectivity index (χ3v) is 19.6. The van der Waals surface area contributed by atoms with E-state index in [4.69, 9.17) is 71.1 Å². The van der Waals surface area contributed by atoms with E-state index < -0.39 is 91.3 Å². The molecule has 16 heteroatoms. The average Bonchev–Trinajstić information content (AvgIpc) is 0.763. The van der Waals surface area contributed by atoms with Crippen molar-refractivity contribution >= 4 is 11.8 Å². The van der Waals surface area contributed by atoms with E-state index in [0.717, 1.165) is 55.6 Å². The second kappa shape index (κ2) is 40.6. The van der Waals surface area contributed by atoms with Crippen molar-refractivity contribution in [1.82, 2.24) is 0 Å². The molecule has 0 spiro atoms. The largest absolute Gasteiger partial charge is 0.374 e. The first-order valence-corrected chi connectivity index (χ1v) is 37.6. The second-order valence-electron chi connectivity index (χ2n) is 26.4. The fraction of sp³-hybridized carbons (Fsp3) is 0.326. The van der Waals surface area contributed by atoms with Crippen LogP contribution in [-0.4, -0.2) is 117 Å². The van der Waals surface area contributed by atoms with Gasteiger partial charge in [0.05, 0.1) is 85.9 Å². The molecular weight excluding hydrogens is 1340 g/mol. The lowest BCUT2D eigenvalue weighted by Gasteiger charge is -2.52. The molecule has 546 valence electrons. The Balaban J connectivity index is 0.934. The Labute approximate surface area is 621 Å². The van der Waals surface area contributed by atoms with Crippen LogP contribution < -0.4 is 0 Å². The zero-order chi connectivity index (χ0) is 71.3. The van der Waals surface area contributed by atoms with E-state index in [0.29, 0.717) is 13.2 Å². The third kappa shape index (κ3) is 22.3. The number of ether oxygens (including phenoxy) is 15.